The topological polar surface area (TPSA) is 39.6 Å². The molecule has 0 unspecified atom stereocenters. The molecule has 14 heavy (non-hydrogen) atoms. The molecule has 2 aromatic rings. The smallest absolute Gasteiger partial charge is 0.0670 e. The van der Waals surface area contributed by atoms with Gasteiger partial charge in [-0.2, -0.15) is 5.26 Å². The van der Waals surface area contributed by atoms with Crippen molar-refractivity contribution >= 4 is 10.9 Å². The Morgan fingerprint density at radius 3 is 2.71 bits per heavy atom. The van der Waals surface area contributed by atoms with Crippen molar-refractivity contribution in [3.8, 4) is 6.07 Å². The summed E-state index contributed by atoms with van der Waals surface area (Å²) in [5.41, 5.74) is 4.73. The minimum atomic E-state index is 0.476. The summed E-state index contributed by atoms with van der Waals surface area (Å²) in [7, 11) is 0. The van der Waals surface area contributed by atoms with Crippen LogP contribution < -0.4 is 0 Å². The maximum atomic E-state index is 8.69. The molecule has 0 saturated heterocycles. The van der Waals surface area contributed by atoms with E-state index in [1.807, 2.05) is 6.20 Å². The van der Waals surface area contributed by atoms with E-state index in [1.165, 1.54) is 16.5 Å². The van der Waals surface area contributed by atoms with Gasteiger partial charge in [0, 0.05) is 17.1 Å². The zero-order valence-electron chi connectivity index (χ0n) is 8.39. The summed E-state index contributed by atoms with van der Waals surface area (Å²) in [5, 5.41) is 9.91. The molecule has 1 N–H and O–H groups in total. The van der Waals surface area contributed by atoms with Crippen molar-refractivity contribution in [3.63, 3.8) is 0 Å². The lowest BCUT2D eigenvalue weighted by Gasteiger charge is -2.01. The van der Waals surface area contributed by atoms with E-state index in [-0.39, 0.29) is 0 Å². The van der Waals surface area contributed by atoms with Crippen LogP contribution in [0.1, 0.15) is 16.7 Å². The van der Waals surface area contributed by atoms with Crippen LogP contribution in [0, 0.1) is 25.2 Å². The van der Waals surface area contributed by atoms with Crippen LogP contribution in [0.5, 0.6) is 0 Å². The standard InChI is InChI=1S/C12H12N2/c1-8-3-4-9(2)12-11(8)10(5-6-13)7-14-12/h3-4,7,14H,5H2,1-2H3. The number of hydrogen-bond acceptors (Lipinski definition) is 1. The minimum Gasteiger partial charge on any atom is -0.361 e. The average Bonchev–Trinajstić information content (AvgIpc) is 2.58. The molecular weight excluding hydrogens is 172 g/mol. The SMILES string of the molecule is Cc1ccc(C)c2c(CC#N)c[nH]c12. The summed E-state index contributed by atoms with van der Waals surface area (Å²) in [6.45, 7) is 4.16. The first-order chi connectivity index (χ1) is 6.74. The van der Waals surface area contributed by atoms with Gasteiger partial charge in [-0.1, -0.05) is 12.1 Å². The van der Waals surface area contributed by atoms with Crippen LogP contribution in [0.25, 0.3) is 10.9 Å². The van der Waals surface area contributed by atoms with Gasteiger partial charge >= 0.3 is 0 Å². The number of nitrogens with zero attached hydrogens (tertiary/aromatic N) is 1. The molecule has 0 aliphatic heterocycles. The van der Waals surface area contributed by atoms with Gasteiger partial charge in [0.15, 0.2) is 0 Å². The van der Waals surface area contributed by atoms with Gasteiger partial charge in [0.05, 0.1) is 12.5 Å². The van der Waals surface area contributed by atoms with Gasteiger partial charge in [0.1, 0.15) is 0 Å². The number of H-pyrrole nitrogens is 1. The van der Waals surface area contributed by atoms with Crippen LogP contribution in [0.2, 0.25) is 0 Å². The van der Waals surface area contributed by atoms with Crippen LogP contribution >= 0.6 is 0 Å². The quantitative estimate of drug-likeness (QED) is 0.727. The van der Waals surface area contributed by atoms with E-state index < -0.39 is 0 Å². The van der Waals surface area contributed by atoms with E-state index in [0.29, 0.717) is 6.42 Å². The molecule has 1 heterocycles. The van der Waals surface area contributed by atoms with E-state index >= 15 is 0 Å². The highest BCUT2D eigenvalue weighted by atomic mass is 14.7. The number of benzene rings is 1. The molecule has 1 aromatic heterocycles. The molecule has 0 atom stereocenters. The number of aromatic nitrogens is 1. The zero-order chi connectivity index (χ0) is 10.1. The van der Waals surface area contributed by atoms with Gasteiger partial charge in [0.2, 0.25) is 0 Å². The fraction of sp³-hybridized carbons (Fsp3) is 0.250. The summed E-state index contributed by atoms with van der Waals surface area (Å²) in [6.07, 6.45) is 2.41. The highest BCUT2D eigenvalue weighted by molar-refractivity contribution is 5.89. The Kier molecular flexibility index (Phi) is 2.01. The van der Waals surface area contributed by atoms with Gasteiger partial charge in [-0.05, 0) is 30.5 Å². The minimum absolute atomic E-state index is 0.476. The van der Waals surface area contributed by atoms with Crippen molar-refractivity contribution in [1.82, 2.24) is 4.98 Å². The Labute approximate surface area is 83.2 Å². The highest BCUT2D eigenvalue weighted by Crippen LogP contribution is 2.25. The van der Waals surface area contributed by atoms with Gasteiger partial charge in [-0.25, -0.2) is 0 Å². The van der Waals surface area contributed by atoms with Crippen LogP contribution in [0.15, 0.2) is 18.3 Å². The van der Waals surface area contributed by atoms with Crippen molar-refractivity contribution in [1.29, 1.82) is 5.26 Å². The Morgan fingerprint density at radius 1 is 1.29 bits per heavy atom. The Balaban J connectivity index is 2.78. The molecule has 2 heteroatoms. The monoisotopic (exact) mass is 184 g/mol. The van der Waals surface area contributed by atoms with Crippen molar-refractivity contribution in [3.05, 3.63) is 35.0 Å². The lowest BCUT2D eigenvalue weighted by atomic mass is 10.0. The van der Waals surface area contributed by atoms with E-state index in [1.54, 1.807) is 0 Å². The number of nitrogens with one attached hydrogen (secondary N) is 1. The van der Waals surface area contributed by atoms with Crippen molar-refractivity contribution in [2.75, 3.05) is 0 Å². The maximum Gasteiger partial charge on any atom is 0.0670 e. The van der Waals surface area contributed by atoms with Gasteiger partial charge in [-0.15, -0.1) is 0 Å². The molecule has 0 aliphatic carbocycles. The third-order valence-electron chi connectivity index (χ3n) is 2.60. The van der Waals surface area contributed by atoms with Crippen LogP contribution in [0.3, 0.4) is 0 Å². The number of nitriles is 1. The molecule has 0 spiro atoms. The van der Waals surface area contributed by atoms with E-state index in [9.17, 15) is 0 Å². The van der Waals surface area contributed by atoms with E-state index in [0.717, 1.165) is 11.1 Å². The molecule has 2 nitrogen and oxygen atoms in total. The lowest BCUT2D eigenvalue weighted by Crippen LogP contribution is -1.83. The number of aromatic amines is 1. The molecule has 0 aliphatic rings. The highest BCUT2D eigenvalue weighted by Gasteiger charge is 2.07. The zero-order valence-corrected chi connectivity index (χ0v) is 8.39. The van der Waals surface area contributed by atoms with E-state index in [2.05, 4.69) is 37.0 Å². The van der Waals surface area contributed by atoms with E-state index in [4.69, 9.17) is 5.26 Å². The average molecular weight is 184 g/mol. The molecule has 0 fully saturated rings. The first-order valence-corrected chi connectivity index (χ1v) is 4.67. The lowest BCUT2D eigenvalue weighted by molar-refractivity contribution is 1.27. The summed E-state index contributed by atoms with van der Waals surface area (Å²) >= 11 is 0. The molecule has 0 amide bonds. The Morgan fingerprint density at radius 2 is 2.00 bits per heavy atom. The second-order valence-electron chi connectivity index (χ2n) is 3.60. The Hall–Kier alpha value is -1.75. The second-order valence-corrected chi connectivity index (χ2v) is 3.60. The molecule has 0 radical (unpaired) electrons. The predicted molar refractivity (Wildman–Crippen MR) is 57.1 cm³/mol. The largest absolute Gasteiger partial charge is 0.361 e. The molecule has 1 aromatic carbocycles. The number of fused-ring (bicyclic) bond motifs is 1. The fourth-order valence-electron chi connectivity index (χ4n) is 1.87. The normalized spacial score (nSPS) is 10.4. The number of hydrogen-bond donors (Lipinski definition) is 1. The fourth-order valence-corrected chi connectivity index (χ4v) is 1.87. The molecular formula is C12H12N2. The van der Waals surface area contributed by atoms with Gasteiger partial charge in [-0.3, -0.25) is 0 Å². The summed E-state index contributed by atoms with van der Waals surface area (Å²) in [6, 6.07) is 6.39. The number of aryl methyl sites for hydroxylation is 2. The van der Waals surface area contributed by atoms with Crippen LogP contribution in [0.4, 0.5) is 0 Å². The summed E-state index contributed by atoms with van der Waals surface area (Å²) in [5.74, 6) is 0. The first kappa shape index (κ1) is 8.83. The first-order valence-electron chi connectivity index (χ1n) is 4.67. The number of rotatable bonds is 1. The third kappa shape index (κ3) is 1.18. The molecule has 70 valence electrons. The van der Waals surface area contributed by atoms with Gasteiger partial charge < -0.3 is 4.98 Å². The molecule has 0 bridgehead atoms. The van der Waals surface area contributed by atoms with Crippen molar-refractivity contribution in [2.24, 2.45) is 0 Å². The second kappa shape index (κ2) is 3.19. The van der Waals surface area contributed by atoms with Crippen LogP contribution in [-0.2, 0) is 6.42 Å². The summed E-state index contributed by atoms with van der Waals surface area (Å²) < 4.78 is 0. The molecule has 2 rings (SSSR count). The molecule has 0 saturated carbocycles. The maximum absolute atomic E-state index is 8.69. The van der Waals surface area contributed by atoms with Crippen LogP contribution in [-0.4, -0.2) is 4.98 Å². The van der Waals surface area contributed by atoms with Gasteiger partial charge in [0.25, 0.3) is 0 Å². The van der Waals surface area contributed by atoms with Crippen molar-refractivity contribution < 1.29 is 0 Å². The third-order valence-corrected chi connectivity index (χ3v) is 2.60. The van der Waals surface area contributed by atoms with Crippen molar-refractivity contribution in [2.45, 2.75) is 20.3 Å². The predicted octanol–water partition coefficient (Wildman–Crippen LogP) is 2.85. The summed E-state index contributed by atoms with van der Waals surface area (Å²) in [4.78, 5) is 3.23. The Bertz CT molecular complexity index is 515.